The first kappa shape index (κ1) is 81.1. The summed E-state index contributed by atoms with van der Waals surface area (Å²) >= 11 is 0. The van der Waals surface area contributed by atoms with Gasteiger partial charge in [0, 0.05) is 25.7 Å². The van der Waals surface area contributed by atoms with Gasteiger partial charge >= 0.3 is 39.5 Å². The van der Waals surface area contributed by atoms with Gasteiger partial charge in [0.15, 0.2) is 12.2 Å². The molecule has 0 aliphatic rings. The number of rotatable bonds is 63. The van der Waals surface area contributed by atoms with Gasteiger partial charge in [0.05, 0.1) is 26.4 Å². The van der Waals surface area contributed by atoms with Crippen LogP contribution in [0.15, 0.2) is 0 Å². The van der Waals surface area contributed by atoms with Gasteiger partial charge in [0.25, 0.3) is 0 Å². The van der Waals surface area contributed by atoms with Gasteiger partial charge in [-0.1, -0.05) is 266 Å². The lowest BCUT2D eigenvalue weighted by Crippen LogP contribution is -2.30. The quantitative estimate of drug-likeness (QED) is 0.0222. The minimum Gasteiger partial charge on any atom is -0.462 e. The zero-order valence-corrected chi connectivity index (χ0v) is 55.3. The van der Waals surface area contributed by atoms with Crippen molar-refractivity contribution in [3.05, 3.63) is 0 Å². The van der Waals surface area contributed by atoms with Crippen LogP contribution in [-0.2, 0) is 65.4 Å². The van der Waals surface area contributed by atoms with Gasteiger partial charge in [0.1, 0.15) is 19.3 Å². The predicted molar refractivity (Wildman–Crippen MR) is 331 cm³/mol. The molecule has 0 bridgehead atoms. The van der Waals surface area contributed by atoms with E-state index in [9.17, 15) is 43.2 Å². The Morgan fingerprint density at radius 2 is 0.614 bits per heavy atom. The van der Waals surface area contributed by atoms with Gasteiger partial charge in [-0.3, -0.25) is 37.3 Å². The second-order valence-corrected chi connectivity index (χ2v) is 26.8. The largest absolute Gasteiger partial charge is 0.472 e. The molecule has 0 aromatic rings. The molecule has 0 rings (SSSR count). The average molecular weight is 1230 g/mol. The number of hydrogen-bond acceptors (Lipinski definition) is 15. The van der Waals surface area contributed by atoms with E-state index in [4.69, 9.17) is 37.0 Å². The molecule has 0 aliphatic carbocycles. The van der Waals surface area contributed by atoms with Gasteiger partial charge in [-0.05, 0) is 37.5 Å². The maximum atomic E-state index is 13.0. The van der Waals surface area contributed by atoms with Crippen molar-refractivity contribution in [2.75, 3.05) is 39.6 Å². The van der Waals surface area contributed by atoms with Crippen LogP contribution in [0.1, 0.15) is 318 Å². The molecule has 83 heavy (non-hydrogen) atoms. The molecule has 3 N–H and O–H groups in total. The van der Waals surface area contributed by atoms with Crippen molar-refractivity contribution in [3.63, 3.8) is 0 Å². The fourth-order valence-electron chi connectivity index (χ4n) is 9.50. The number of aliphatic hydroxyl groups excluding tert-OH is 1. The summed E-state index contributed by atoms with van der Waals surface area (Å²) in [4.78, 5) is 72.2. The molecular weight excluding hydrogens is 1100 g/mol. The molecule has 0 saturated heterocycles. The van der Waals surface area contributed by atoms with Gasteiger partial charge in [-0.2, -0.15) is 0 Å². The standard InChI is InChI=1S/C64H124O17P2/c1-7-10-12-14-16-18-19-20-21-22-24-28-36-42-48-63(68)80-59(52-75-62(67)47-41-35-29-25-26-32-38-44-56(4)5)54-78-82(70,71)76-50-58(65)51-77-83(72,73)79-55-60(53-74-61(66)46-40-34-27-23-17-15-13-11-8-2)81-64(69)49-43-37-31-30-33-39-45-57(6)9-3/h56-60,65H,7-55H2,1-6H3,(H,70,71)(H,72,73)/t57?,58-,59-,60-/m1/s1. The van der Waals surface area contributed by atoms with Crippen LogP contribution in [0.4, 0.5) is 0 Å². The average Bonchev–Trinajstić information content (AvgIpc) is 3.46. The van der Waals surface area contributed by atoms with Crippen LogP contribution >= 0.6 is 15.6 Å². The number of esters is 4. The maximum absolute atomic E-state index is 13.0. The molecule has 3 unspecified atom stereocenters. The molecule has 17 nitrogen and oxygen atoms in total. The van der Waals surface area contributed by atoms with E-state index >= 15 is 0 Å². The summed E-state index contributed by atoms with van der Waals surface area (Å²) in [5, 5.41) is 10.5. The Balaban J connectivity index is 5.24. The Hall–Kier alpha value is -1.94. The highest BCUT2D eigenvalue weighted by molar-refractivity contribution is 7.47. The van der Waals surface area contributed by atoms with E-state index in [2.05, 4.69) is 41.5 Å². The zero-order valence-electron chi connectivity index (χ0n) is 53.5. The summed E-state index contributed by atoms with van der Waals surface area (Å²) in [6.07, 6.45) is 39.0. The summed E-state index contributed by atoms with van der Waals surface area (Å²) in [6, 6.07) is 0. The van der Waals surface area contributed by atoms with Crippen LogP contribution in [0.5, 0.6) is 0 Å². The monoisotopic (exact) mass is 1230 g/mol. The minimum atomic E-state index is -4.94. The first-order valence-electron chi connectivity index (χ1n) is 33.5. The van der Waals surface area contributed by atoms with Gasteiger partial charge < -0.3 is 33.8 Å². The van der Waals surface area contributed by atoms with E-state index < -0.39 is 97.5 Å². The normalized spacial score (nSPS) is 14.6. The van der Waals surface area contributed by atoms with E-state index in [1.807, 2.05) is 0 Å². The van der Waals surface area contributed by atoms with Crippen LogP contribution in [0, 0.1) is 11.8 Å². The number of phosphoric acid groups is 2. The second-order valence-electron chi connectivity index (χ2n) is 23.9. The summed E-state index contributed by atoms with van der Waals surface area (Å²) < 4.78 is 68.0. The van der Waals surface area contributed by atoms with E-state index in [0.717, 1.165) is 102 Å². The minimum absolute atomic E-state index is 0.103. The van der Waals surface area contributed by atoms with Crippen LogP contribution in [0.25, 0.3) is 0 Å². The van der Waals surface area contributed by atoms with Gasteiger partial charge in [0.2, 0.25) is 0 Å². The number of carbonyl (C=O) groups excluding carboxylic acids is 4. The zero-order chi connectivity index (χ0) is 61.5. The molecule has 0 aromatic carbocycles. The van der Waals surface area contributed by atoms with E-state index in [1.165, 1.54) is 128 Å². The van der Waals surface area contributed by atoms with Crippen molar-refractivity contribution < 1.29 is 80.2 Å². The van der Waals surface area contributed by atoms with Gasteiger partial charge in [-0.25, -0.2) is 9.13 Å². The van der Waals surface area contributed by atoms with Crippen LogP contribution in [0.2, 0.25) is 0 Å². The summed E-state index contributed by atoms with van der Waals surface area (Å²) in [7, 11) is -9.89. The molecule has 6 atom stereocenters. The Kier molecular flexibility index (Phi) is 55.2. The lowest BCUT2D eigenvalue weighted by Gasteiger charge is -2.21. The molecule has 492 valence electrons. The Bertz CT molecular complexity index is 1630. The Morgan fingerprint density at radius 1 is 0.349 bits per heavy atom. The van der Waals surface area contributed by atoms with Crippen molar-refractivity contribution in [1.29, 1.82) is 0 Å². The third kappa shape index (κ3) is 57.6. The van der Waals surface area contributed by atoms with Crippen molar-refractivity contribution in [3.8, 4) is 0 Å². The highest BCUT2D eigenvalue weighted by Gasteiger charge is 2.30. The number of hydrogen-bond donors (Lipinski definition) is 3. The topological polar surface area (TPSA) is 237 Å². The molecule has 19 heteroatoms. The molecule has 0 aliphatic heterocycles. The molecular formula is C64H124O17P2. The van der Waals surface area contributed by atoms with Crippen molar-refractivity contribution in [2.45, 2.75) is 336 Å². The second kappa shape index (κ2) is 56.6. The van der Waals surface area contributed by atoms with Gasteiger partial charge in [-0.15, -0.1) is 0 Å². The SMILES string of the molecule is CCCCCCCCCCCCCCCCC(=O)O[C@H](COC(=O)CCCCCCCCCC(C)C)COP(=O)(O)OC[C@@H](O)COP(=O)(O)OC[C@@H](COC(=O)CCCCCCCCCCC)OC(=O)CCCCCCCCC(C)CC. The predicted octanol–water partition coefficient (Wildman–Crippen LogP) is 17.7. The van der Waals surface area contributed by atoms with Crippen molar-refractivity contribution >= 4 is 39.5 Å². The van der Waals surface area contributed by atoms with Crippen molar-refractivity contribution in [2.24, 2.45) is 11.8 Å². The number of aliphatic hydroxyl groups is 1. The molecule has 0 aromatic heterocycles. The molecule has 0 saturated carbocycles. The number of carbonyl (C=O) groups is 4. The van der Waals surface area contributed by atoms with E-state index in [0.29, 0.717) is 31.6 Å². The molecule has 0 amide bonds. The number of phosphoric ester groups is 2. The van der Waals surface area contributed by atoms with Crippen molar-refractivity contribution in [1.82, 2.24) is 0 Å². The van der Waals surface area contributed by atoms with Crippen LogP contribution < -0.4 is 0 Å². The molecule has 0 radical (unpaired) electrons. The first-order valence-corrected chi connectivity index (χ1v) is 36.5. The lowest BCUT2D eigenvalue weighted by molar-refractivity contribution is -0.161. The third-order valence-corrected chi connectivity index (χ3v) is 17.0. The fraction of sp³-hybridized carbons (Fsp3) is 0.938. The Morgan fingerprint density at radius 3 is 0.916 bits per heavy atom. The Labute approximate surface area is 505 Å². The number of ether oxygens (including phenoxy) is 4. The summed E-state index contributed by atoms with van der Waals surface area (Å²) in [5.74, 6) is -0.711. The number of unbranched alkanes of at least 4 members (excludes halogenated alkanes) is 32. The summed E-state index contributed by atoms with van der Waals surface area (Å²) in [5.41, 5.74) is 0. The fourth-order valence-corrected chi connectivity index (χ4v) is 11.1. The van der Waals surface area contributed by atoms with E-state index in [-0.39, 0.29) is 25.7 Å². The molecule has 0 spiro atoms. The van der Waals surface area contributed by atoms with E-state index in [1.54, 1.807) is 0 Å². The highest BCUT2D eigenvalue weighted by Crippen LogP contribution is 2.45. The van der Waals surface area contributed by atoms with Crippen LogP contribution in [-0.4, -0.2) is 96.7 Å². The highest BCUT2D eigenvalue weighted by atomic mass is 31.2. The molecule has 0 heterocycles. The lowest BCUT2D eigenvalue weighted by atomic mass is 10.00. The first-order chi connectivity index (χ1) is 39.9. The third-order valence-electron chi connectivity index (χ3n) is 15.1. The smallest absolute Gasteiger partial charge is 0.462 e. The maximum Gasteiger partial charge on any atom is 0.472 e. The van der Waals surface area contributed by atoms with Crippen LogP contribution in [0.3, 0.4) is 0 Å². The summed E-state index contributed by atoms with van der Waals surface area (Å²) in [6.45, 7) is 9.38. The molecule has 0 fully saturated rings.